The zero-order valence-corrected chi connectivity index (χ0v) is 46.7. The van der Waals surface area contributed by atoms with Crippen molar-refractivity contribution in [2.75, 3.05) is 146 Å². The number of ether oxygens (including phenoxy) is 4. The average Bonchev–Trinajstić information content (AvgIpc) is 3.48. The van der Waals surface area contributed by atoms with Gasteiger partial charge >= 0.3 is 0 Å². The van der Waals surface area contributed by atoms with Gasteiger partial charge < -0.3 is 81.9 Å². The summed E-state index contributed by atoms with van der Waals surface area (Å²) >= 11 is 0. The number of carbonyl (C=O) groups excluding carboxylic acids is 8. The first kappa shape index (κ1) is 66.1. The molecule has 0 heterocycles. The highest BCUT2D eigenvalue weighted by Crippen LogP contribution is 2.26. The third kappa shape index (κ3) is 20.9. The van der Waals surface area contributed by atoms with Gasteiger partial charge in [0.05, 0.1) is 70.9 Å². The normalized spacial score (nSPS) is 11.0. The number of hydrogen-bond donors (Lipinski definition) is 12. The number of methoxy groups -OCH3 is 4. The number of unbranched alkanes of at least 4 members (excludes halogenated alkanes) is 1. The van der Waals surface area contributed by atoms with Crippen molar-refractivity contribution in [2.24, 2.45) is 0 Å². The summed E-state index contributed by atoms with van der Waals surface area (Å²) in [6.45, 7) is 3.75. The predicted octanol–water partition coefficient (Wildman–Crippen LogP) is 0.418. The van der Waals surface area contributed by atoms with Gasteiger partial charge in [-0.1, -0.05) is 24.3 Å². The minimum Gasteiger partial charge on any atom is -0.506 e. The second-order valence-corrected chi connectivity index (χ2v) is 18.2. The number of aromatic hydroxyl groups is 4. The summed E-state index contributed by atoms with van der Waals surface area (Å²) in [6, 6.07) is 16.9. The monoisotopic (exact) mass is 1140 g/mol. The topological polar surface area (TPSA) is 357 Å². The number of rotatable bonds is 37. The standard InChI is InChI=1S/C56H76N10O16/c1-79-33-23-61-53(75)41-15-7-11-37(45(41)67)49(71)57-19-29-65(30-20-58-50(72)38-12-8-16-42(46(38)68)54(76)62-24-34-80-2)27-5-6-28-66(31-21-59-51(73)39-13-9-17-43(47(39)69)55(77)63-25-35-81-3)32-22-60-52(74)40-14-10-18-44(48(40)70)56(78)64-26-36-82-4/h7-18,67-70H,5-6,19-36H2,1-4H3,(H,57,71)(H,58,72)(H,59,73)(H,60,74)(H,61,75)(H,62,76)(H,63,77)(H,64,78). The summed E-state index contributed by atoms with van der Waals surface area (Å²) < 4.78 is 19.9. The van der Waals surface area contributed by atoms with Crippen LogP contribution in [0.15, 0.2) is 72.8 Å². The lowest BCUT2D eigenvalue weighted by atomic mass is 10.1. The Kier molecular flexibility index (Phi) is 29.1. The van der Waals surface area contributed by atoms with Crippen LogP contribution in [0.5, 0.6) is 23.0 Å². The number of hydrogen-bond acceptors (Lipinski definition) is 18. The largest absolute Gasteiger partial charge is 0.506 e. The summed E-state index contributed by atoms with van der Waals surface area (Å²) in [5.41, 5.74) is -0.906. The first-order valence-electron chi connectivity index (χ1n) is 26.5. The molecule has 0 fully saturated rings. The van der Waals surface area contributed by atoms with E-state index in [1.807, 2.05) is 9.80 Å². The van der Waals surface area contributed by atoms with Crippen molar-refractivity contribution < 1.29 is 77.7 Å². The fourth-order valence-corrected chi connectivity index (χ4v) is 8.12. The van der Waals surface area contributed by atoms with Gasteiger partial charge in [0.1, 0.15) is 23.0 Å². The molecule has 26 nitrogen and oxygen atoms in total. The van der Waals surface area contributed by atoms with Crippen LogP contribution in [0.1, 0.15) is 95.7 Å². The van der Waals surface area contributed by atoms with Gasteiger partial charge in [0.25, 0.3) is 47.3 Å². The molecule has 0 unspecified atom stereocenters. The number of nitrogens with one attached hydrogen (secondary N) is 8. The van der Waals surface area contributed by atoms with E-state index in [9.17, 15) is 58.8 Å². The molecule has 0 saturated carbocycles. The van der Waals surface area contributed by atoms with Gasteiger partial charge in [0, 0.05) is 107 Å². The van der Waals surface area contributed by atoms with Crippen LogP contribution in [0.25, 0.3) is 0 Å². The zero-order valence-electron chi connectivity index (χ0n) is 46.7. The molecule has 82 heavy (non-hydrogen) atoms. The highest BCUT2D eigenvalue weighted by molar-refractivity contribution is 6.06. The second kappa shape index (κ2) is 36.1. The number of phenolic OH excluding ortho intramolecular Hbond substituents is 4. The SMILES string of the molecule is COCCNC(=O)c1cccc(C(=O)NCCN(CCCCN(CCNC(=O)c2cccc(C(=O)NCCOC)c2O)CCNC(=O)c2cccc(C(=O)NCCOC)c2O)CCNC(=O)c2cccc(C(=O)NCCOC)c2O)c1O. The van der Waals surface area contributed by atoms with Gasteiger partial charge in [-0.3, -0.25) is 48.2 Å². The Morgan fingerprint density at radius 3 is 0.646 bits per heavy atom. The van der Waals surface area contributed by atoms with Crippen LogP contribution in [-0.2, 0) is 18.9 Å². The van der Waals surface area contributed by atoms with Crippen LogP contribution < -0.4 is 42.5 Å². The Labute approximate surface area is 475 Å². The van der Waals surface area contributed by atoms with Crippen LogP contribution in [0.3, 0.4) is 0 Å². The van der Waals surface area contributed by atoms with Crippen LogP contribution >= 0.6 is 0 Å². The highest BCUT2D eigenvalue weighted by atomic mass is 16.5. The summed E-state index contributed by atoms with van der Waals surface area (Å²) in [7, 11) is 5.90. The van der Waals surface area contributed by atoms with Crippen molar-refractivity contribution in [3.63, 3.8) is 0 Å². The maximum atomic E-state index is 13.4. The van der Waals surface area contributed by atoms with Crippen molar-refractivity contribution >= 4 is 47.3 Å². The van der Waals surface area contributed by atoms with E-state index < -0.39 is 70.3 Å². The minimum absolute atomic E-state index is 0.0664. The number of carbonyl (C=O) groups is 8. The molecule has 0 aliphatic carbocycles. The molecule has 4 rings (SSSR count). The first-order valence-corrected chi connectivity index (χ1v) is 26.5. The van der Waals surface area contributed by atoms with Crippen molar-refractivity contribution in [3.05, 3.63) is 117 Å². The van der Waals surface area contributed by atoms with Crippen LogP contribution in [0, 0.1) is 0 Å². The van der Waals surface area contributed by atoms with Crippen molar-refractivity contribution in [1.82, 2.24) is 52.3 Å². The molecule has 4 aromatic rings. The van der Waals surface area contributed by atoms with Gasteiger partial charge in [0.2, 0.25) is 0 Å². The average molecular weight is 1150 g/mol. The number of benzene rings is 4. The molecular formula is C56H76N10O16. The lowest BCUT2D eigenvalue weighted by molar-refractivity contribution is 0.0916. The van der Waals surface area contributed by atoms with Gasteiger partial charge in [-0.2, -0.15) is 0 Å². The van der Waals surface area contributed by atoms with Crippen LogP contribution in [0.4, 0.5) is 0 Å². The van der Waals surface area contributed by atoms with Gasteiger partial charge in [0.15, 0.2) is 0 Å². The van der Waals surface area contributed by atoms with Gasteiger partial charge in [-0.25, -0.2) is 0 Å². The molecule has 4 aromatic carbocycles. The molecule has 12 N–H and O–H groups in total. The quantitative estimate of drug-likeness (QED) is 0.0272. The van der Waals surface area contributed by atoms with E-state index in [1.54, 1.807) is 0 Å². The van der Waals surface area contributed by atoms with E-state index in [0.29, 0.717) is 25.9 Å². The number of nitrogens with zero attached hydrogens (tertiary/aromatic N) is 2. The van der Waals surface area contributed by atoms with Crippen molar-refractivity contribution in [2.45, 2.75) is 12.8 Å². The van der Waals surface area contributed by atoms with Gasteiger partial charge in [-0.05, 0) is 74.5 Å². The predicted molar refractivity (Wildman–Crippen MR) is 301 cm³/mol. The maximum absolute atomic E-state index is 13.4. The number of amides is 8. The maximum Gasteiger partial charge on any atom is 0.255 e. The Bertz CT molecular complexity index is 2420. The summed E-state index contributed by atoms with van der Waals surface area (Å²) in [6.07, 6.45) is 1.08. The van der Waals surface area contributed by atoms with E-state index in [2.05, 4.69) is 42.5 Å². The molecule has 446 valence electrons. The third-order valence-corrected chi connectivity index (χ3v) is 12.5. The van der Waals surface area contributed by atoms with Gasteiger partial charge in [-0.15, -0.1) is 0 Å². The molecule has 0 aliphatic rings. The van der Waals surface area contributed by atoms with Crippen LogP contribution in [0.2, 0.25) is 0 Å². The Morgan fingerprint density at radius 1 is 0.305 bits per heavy atom. The summed E-state index contributed by atoms with van der Waals surface area (Å²) in [4.78, 5) is 108. The van der Waals surface area contributed by atoms with E-state index in [1.165, 1.54) is 101 Å². The van der Waals surface area contributed by atoms with E-state index in [4.69, 9.17) is 18.9 Å². The number of para-hydroxylation sites is 4. The molecule has 0 aliphatic heterocycles. The first-order chi connectivity index (χ1) is 39.6. The fraction of sp³-hybridized carbons (Fsp3) is 0.429. The molecule has 8 amide bonds. The smallest absolute Gasteiger partial charge is 0.255 e. The van der Waals surface area contributed by atoms with E-state index >= 15 is 0 Å². The van der Waals surface area contributed by atoms with E-state index in [0.717, 1.165) is 0 Å². The Morgan fingerprint density at radius 2 is 0.476 bits per heavy atom. The van der Waals surface area contributed by atoms with Crippen LogP contribution in [-0.4, -0.2) is 224 Å². The second-order valence-electron chi connectivity index (χ2n) is 18.2. The van der Waals surface area contributed by atoms with E-state index in [-0.39, 0.29) is 149 Å². The lowest BCUT2D eigenvalue weighted by Gasteiger charge is -2.25. The highest BCUT2D eigenvalue weighted by Gasteiger charge is 2.23. The zero-order chi connectivity index (χ0) is 59.8. The molecule has 0 spiro atoms. The molecule has 0 radical (unpaired) electrons. The number of phenols is 4. The molecule has 26 heteroatoms. The minimum atomic E-state index is -0.647. The van der Waals surface area contributed by atoms with Crippen molar-refractivity contribution in [1.29, 1.82) is 0 Å². The summed E-state index contributed by atoms with van der Waals surface area (Å²) in [5.74, 6) is -6.99. The Balaban J connectivity index is 1.48. The lowest BCUT2D eigenvalue weighted by Crippen LogP contribution is -2.41. The Hall–Kier alpha value is -8.40. The molecule has 0 aromatic heterocycles. The molecule has 0 atom stereocenters. The summed E-state index contributed by atoms with van der Waals surface area (Å²) in [5, 5.41) is 65.2. The molecular weight excluding hydrogens is 1070 g/mol. The van der Waals surface area contributed by atoms with Crippen molar-refractivity contribution in [3.8, 4) is 23.0 Å². The fourth-order valence-electron chi connectivity index (χ4n) is 8.12. The molecule has 0 bridgehead atoms. The molecule has 0 saturated heterocycles. The third-order valence-electron chi connectivity index (χ3n) is 12.5.